The van der Waals surface area contributed by atoms with Gasteiger partial charge in [0.05, 0.1) is 0 Å². The summed E-state index contributed by atoms with van der Waals surface area (Å²) in [6.07, 6.45) is 10.4. The van der Waals surface area contributed by atoms with Gasteiger partial charge in [-0.2, -0.15) is 0 Å². The summed E-state index contributed by atoms with van der Waals surface area (Å²) in [5.74, 6) is -0.0416. The Hall–Kier alpha value is -1.06. The van der Waals surface area contributed by atoms with E-state index in [4.69, 9.17) is 0 Å². The topological polar surface area (TPSA) is 58.2 Å². The van der Waals surface area contributed by atoms with Crippen LogP contribution in [0.1, 0.15) is 64.7 Å². The predicted molar refractivity (Wildman–Crippen MR) is 72.2 cm³/mol. The number of carbonyl (C=O) groups is 2. The minimum atomic E-state index is -0.272. The maximum Gasteiger partial charge on any atom is 0.244 e. The summed E-state index contributed by atoms with van der Waals surface area (Å²) in [7, 11) is 0. The van der Waals surface area contributed by atoms with Gasteiger partial charge in [-0.25, -0.2) is 0 Å². The minimum absolute atomic E-state index is 0.0147. The molecule has 2 N–H and O–H groups in total. The zero-order chi connectivity index (χ0) is 13.2. The molecule has 0 bridgehead atoms. The van der Waals surface area contributed by atoms with E-state index in [1.165, 1.54) is 38.5 Å². The Kier molecular flexibility index (Phi) is 7.46. The van der Waals surface area contributed by atoms with Gasteiger partial charge in [0.15, 0.2) is 0 Å². The Balaban J connectivity index is 1.85. The van der Waals surface area contributed by atoms with Gasteiger partial charge in [-0.15, -0.1) is 0 Å². The molecule has 0 spiro atoms. The molecule has 0 aromatic carbocycles. The van der Waals surface area contributed by atoms with E-state index in [-0.39, 0.29) is 17.9 Å². The van der Waals surface area contributed by atoms with Gasteiger partial charge < -0.3 is 10.6 Å². The fraction of sp³-hybridized carbons (Fsp3) is 0.857. The molecule has 104 valence electrons. The Morgan fingerprint density at radius 2 is 1.78 bits per heavy atom. The Morgan fingerprint density at radius 3 is 2.28 bits per heavy atom. The van der Waals surface area contributed by atoms with Crippen molar-refractivity contribution >= 4 is 11.8 Å². The third-order valence-electron chi connectivity index (χ3n) is 3.39. The third kappa shape index (κ3) is 6.03. The lowest BCUT2D eigenvalue weighted by Gasteiger charge is -2.26. The van der Waals surface area contributed by atoms with Gasteiger partial charge in [0.2, 0.25) is 11.8 Å². The summed E-state index contributed by atoms with van der Waals surface area (Å²) in [5.41, 5.74) is 0. The molecule has 1 atom stereocenters. The van der Waals surface area contributed by atoms with Crippen molar-refractivity contribution in [1.29, 1.82) is 0 Å². The van der Waals surface area contributed by atoms with Gasteiger partial charge in [0, 0.05) is 13.0 Å². The molecule has 1 rings (SSSR count). The average Bonchev–Trinajstić information content (AvgIpc) is 2.37. The summed E-state index contributed by atoms with van der Waals surface area (Å²) in [5, 5.41) is 5.34. The van der Waals surface area contributed by atoms with Crippen LogP contribution in [-0.4, -0.2) is 24.4 Å². The highest BCUT2D eigenvalue weighted by atomic mass is 16.2. The van der Waals surface area contributed by atoms with E-state index in [1.807, 2.05) is 0 Å². The lowest BCUT2D eigenvalue weighted by molar-refractivity contribution is -0.133. The van der Waals surface area contributed by atoms with Crippen molar-refractivity contribution in [3.8, 4) is 0 Å². The highest BCUT2D eigenvalue weighted by Gasteiger charge is 2.28. The smallest absolute Gasteiger partial charge is 0.244 e. The molecule has 0 saturated carbocycles. The molecule has 1 heterocycles. The first-order valence-electron chi connectivity index (χ1n) is 7.31. The third-order valence-corrected chi connectivity index (χ3v) is 3.39. The van der Waals surface area contributed by atoms with Crippen LogP contribution >= 0.6 is 0 Å². The first-order valence-corrected chi connectivity index (χ1v) is 7.31. The van der Waals surface area contributed by atoms with E-state index in [9.17, 15) is 9.59 Å². The number of unbranched alkanes of at least 4 members (excludes halogenated alkanes) is 7. The highest BCUT2D eigenvalue weighted by molar-refractivity contribution is 5.92. The van der Waals surface area contributed by atoms with Gasteiger partial charge in [-0.05, 0) is 6.42 Å². The number of rotatable bonds is 10. The van der Waals surface area contributed by atoms with Gasteiger partial charge in [-0.3, -0.25) is 9.59 Å². The van der Waals surface area contributed by atoms with Crippen LogP contribution in [0.25, 0.3) is 0 Å². The van der Waals surface area contributed by atoms with Crippen molar-refractivity contribution in [2.24, 2.45) is 0 Å². The molecule has 0 aromatic rings. The first-order chi connectivity index (χ1) is 8.74. The van der Waals surface area contributed by atoms with Crippen molar-refractivity contribution in [2.45, 2.75) is 70.8 Å². The van der Waals surface area contributed by atoms with E-state index >= 15 is 0 Å². The number of hydrogen-bond acceptors (Lipinski definition) is 2. The molecule has 0 unspecified atom stereocenters. The summed E-state index contributed by atoms with van der Waals surface area (Å²) in [6.45, 7) is 2.81. The van der Waals surface area contributed by atoms with Crippen LogP contribution in [0.3, 0.4) is 0 Å². The number of β-lactam (4-membered cyclic amide) rings is 1. The molecule has 1 fully saturated rings. The Morgan fingerprint density at radius 1 is 1.17 bits per heavy atom. The predicted octanol–water partition coefficient (Wildman–Crippen LogP) is 2.13. The second-order valence-electron chi connectivity index (χ2n) is 5.09. The van der Waals surface area contributed by atoms with E-state index in [2.05, 4.69) is 17.6 Å². The normalized spacial score (nSPS) is 18.1. The SMILES string of the molecule is CCCCCCCCCCC(=O)N[C@H]1CNC1=O. The van der Waals surface area contributed by atoms with Crippen molar-refractivity contribution in [2.75, 3.05) is 6.54 Å². The lowest BCUT2D eigenvalue weighted by atomic mass is 10.1. The van der Waals surface area contributed by atoms with E-state index in [0.29, 0.717) is 13.0 Å². The molecular formula is C14H26N2O2. The highest BCUT2D eigenvalue weighted by Crippen LogP contribution is 2.09. The maximum absolute atomic E-state index is 11.5. The molecule has 18 heavy (non-hydrogen) atoms. The average molecular weight is 254 g/mol. The monoisotopic (exact) mass is 254 g/mol. The summed E-state index contributed by atoms with van der Waals surface area (Å²) in [6, 6.07) is -0.272. The van der Waals surface area contributed by atoms with Gasteiger partial charge >= 0.3 is 0 Å². The second-order valence-corrected chi connectivity index (χ2v) is 5.09. The standard InChI is InChI=1S/C14H26N2O2/c1-2-3-4-5-6-7-8-9-10-13(17)16-12-11-15-14(12)18/h12H,2-11H2,1H3,(H,15,18)(H,16,17)/t12-/m0/s1. The second kappa shape index (κ2) is 8.95. The molecule has 0 radical (unpaired) electrons. The zero-order valence-corrected chi connectivity index (χ0v) is 11.5. The van der Waals surface area contributed by atoms with Crippen molar-refractivity contribution in [1.82, 2.24) is 10.6 Å². The zero-order valence-electron chi connectivity index (χ0n) is 11.5. The largest absolute Gasteiger partial charge is 0.352 e. The quantitative estimate of drug-likeness (QED) is 0.463. The Bertz CT molecular complexity index is 267. The molecule has 1 aliphatic heterocycles. The minimum Gasteiger partial charge on any atom is -0.352 e. The van der Waals surface area contributed by atoms with Crippen LogP contribution < -0.4 is 10.6 Å². The maximum atomic E-state index is 11.5. The fourth-order valence-corrected chi connectivity index (χ4v) is 2.09. The number of hydrogen-bond donors (Lipinski definition) is 2. The van der Waals surface area contributed by atoms with E-state index < -0.39 is 0 Å². The molecule has 0 aromatic heterocycles. The molecular weight excluding hydrogens is 228 g/mol. The summed E-state index contributed by atoms with van der Waals surface area (Å²) in [4.78, 5) is 22.4. The molecule has 2 amide bonds. The molecule has 1 saturated heterocycles. The lowest BCUT2D eigenvalue weighted by Crippen LogP contribution is -2.61. The molecule has 0 aliphatic carbocycles. The molecule has 4 nitrogen and oxygen atoms in total. The van der Waals surface area contributed by atoms with Crippen molar-refractivity contribution in [3.05, 3.63) is 0 Å². The van der Waals surface area contributed by atoms with E-state index in [1.54, 1.807) is 0 Å². The number of amides is 2. The summed E-state index contributed by atoms with van der Waals surface area (Å²) < 4.78 is 0. The van der Waals surface area contributed by atoms with Crippen LogP contribution in [0.2, 0.25) is 0 Å². The van der Waals surface area contributed by atoms with Crippen LogP contribution in [0.15, 0.2) is 0 Å². The summed E-state index contributed by atoms with van der Waals surface area (Å²) >= 11 is 0. The first kappa shape index (κ1) is 15.0. The van der Waals surface area contributed by atoms with Gasteiger partial charge in [0.1, 0.15) is 6.04 Å². The van der Waals surface area contributed by atoms with Crippen LogP contribution in [0.5, 0.6) is 0 Å². The fourth-order valence-electron chi connectivity index (χ4n) is 2.09. The van der Waals surface area contributed by atoms with Crippen LogP contribution in [0, 0.1) is 0 Å². The van der Waals surface area contributed by atoms with Crippen LogP contribution in [0.4, 0.5) is 0 Å². The molecule has 4 heteroatoms. The van der Waals surface area contributed by atoms with Crippen molar-refractivity contribution in [3.63, 3.8) is 0 Å². The molecule has 1 aliphatic rings. The van der Waals surface area contributed by atoms with Crippen molar-refractivity contribution < 1.29 is 9.59 Å². The van der Waals surface area contributed by atoms with E-state index in [0.717, 1.165) is 12.8 Å². The Labute approximate surface area is 110 Å². The van der Waals surface area contributed by atoms with Crippen LogP contribution in [-0.2, 0) is 9.59 Å². The number of nitrogens with one attached hydrogen (secondary N) is 2. The number of carbonyl (C=O) groups excluding carboxylic acids is 2. The van der Waals surface area contributed by atoms with Gasteiger partial charge in [0.25, 0.3) is 0 Å². The van der Waals surface area contributed by atoms with Gasteiger partial charge in [-0.1, -0.05) is 51.9 Å².